The lowest BCUT2D eigenvalue weighted by Gasteiger charge is -2.33. The van der Waals surface area contributed by atoms with Crippen molar-refractivity contribution < 1.29 is 8.42 Å². The Morgan fingerprint density at radius 2 is 1.88 bits per heavy atom. The Hall–Kier alpha value is -1.94. The first-order valence-electron chi connectivity index (χ1n) is 8.34. The molecule has 25 heavy (non-hydrogen) atoms. The van der Waals surface area contributed by atoms with E-state index in [4.69, 9.17) is 0 Å². The summed E-state index contributed by atoms with van der Waals surface area (Å²) in [6.45, 7) is 2.14. The van der Waals surface area contributed by atoms with Crippen LogP contribution in [-0.4, -0.2) is 53.4 Å². The maximum absolute atomic E-state index is 12.2. The lowest BCUT2D eigenvalue weighted by atomic mass is 9.93. The van der Waals surface area contributed by atoms with E-state index in [0.29, 0.717) is 18.1 Å². The van der Waals surface area contributed by atoms with Crippen molar-refractivity contribution in [1.29, 1.82) is 0 Å². The summed E-state index contributed by atoms with van der Waals surface area (Å²) >= 11 is 0. The summed E-state index contributed by atoms with van der Waals surface area (Å²) in [7, 11) is 0.326. The molecule has 0 unspecified atom stereocenters. The standard InChI is InChI=1S/C15H24N6O3S/c1-19-12-13(20(2)15(19)22)16-10-17-14(12)21-8-5-11(6-9-21)4-7-18-25(3,23)24/h10-11,18H,4-9H2,1-3H3. The third-order valence-corrected chi connectivity index (χ3v) is 5.57. The topological polar surface area (TPSA) is 102 Å². The Bertz CT molecular complexity index is 925. The molecule has 0 radical (unpaired) electrons. The average Bonchev–Trinajstić information content (AvgIpc) is 2.79. The normalized spacial score (nSPS) is 16.7. The van der Waals surface area contributed by atoms with Gasteiger partial charge < -0.3 is 4.90 Å². The van der Waals surface area contributed by atoms with Gasteiger partial charge in [0.2, 0.25) is 10.0 Å². The summed E-state index contributed by atoms with van der Waals surface area (Å²) in [5, 5.41) is 0. The van der Waals surface area contributed by atoms with Gasteiger partial charge in [-0.3, -0.25) is 9.13 Å². The minimum atomic E-state index is -3.12. The molecule has 1 N–H and O–H groups in total. The van der Waals surface area contributed by atoms with Crippen LogP contribution in [0.5, 0.6) is 0 Å². The number of rotatable bonds is 5. The third kappa shape index (κ3) is 3.69. The maximum Gasteiger partial charge on any atom is 0.329 e. The third-order valence-electron chi connectivity index (χ3n) is 4.84. The maximum atomic E-state index is 12.2. The molecule has 1 aliphatic heterocycles. The van der Waals surface area contributed by atoms with Crippen LogP contribution in [0.2, 0.25) is 0 Å². The number of nitrogens with one attached hydrogen (secondary N) is 1. The van der Waals surface area contributed by atoms with E-state index >= 15 is 0 Å². The molecule has 0 saturated carbocycles. The molecule has 2 aromatic rings. The Labute approximate surface area is 146 Å². The van der Waals surface area contributed by atoms with E-state index in [1.54, 1.807) is 18.7 Å². The number of imidazole rings is 1. The van der Waals surface area contributed by atoms with Gasteiger partial charge in [0, 0.05) is 33.7 Å². The molecular formula is C15H24N6O3S. The minimum Gasteiger partial charge on any atom is -0.355 e. The lowest BCUT2D eigenvalue weighted by Crippen LogP contribution is -2.36. The number of hydrogen-bond donors (Lipinski definition) is 1. The summed E-state index contributed by atoms with van der Waals surface area (Å²) in [6.07, 6.45) is 5.46. The monoisotopic (exact) mass is 368 g/mol. The second-order valence-electron chi connectivity index (χ2n) is 6.66. The highest BCUT2D eigenvalue weighted by atomic mass is 32.2. The number of anilines is 1. The van der Waals surface area contributed by atoms with Gasteiger partial charge in [-0.1, -0.05) is 0 Å². The highest BCUT2D eigenvalue weighted by Crippen LogP contribution is 2.27. The summed E-state index contributed by atoms with van der Waals surface area (Å²) < 4.78 is 27.9. The number of aromatic nitrogens is 4. The van der Waals surface area contributed by atoms with Gasteiger partial charge in [0.1, 0.15) is 11.8 Å². The van der Waals surface area contributed by atoms with E-state index < -0.39 is 10.0 Å². The second kappa shape index (κ2) is 6.75. The van der Waals surface area contributed by atoms with E-state index in [1.165, 1.54) is 17.2 Å². The van der Waals surface area contributed by atoms with Crippen LogP contribution in [0, 0.1) is 5.92 Å². The zero-order valence-corrected chi connectivity index (χ0v) is 15.6. The van der Waals surface area contributed by atoms with Crippen LogP contribution in [0.1, 0.15) is 19.3 Å². The van der Waals surface area contributed by atoms with Gasteiger partial charge in [-0.25, -0.2) is 27.9 Å². The fourth-order valence-corrected chi connectivity index (χ4v) is 3.92. The first-order chi connectivity index (χ1) is 11.8. The Morgan fingerprint density at radius 1 is 1.20 bits per heavy atom. The predicted octanol–water partition coefficient (Wildman–Crippen LogP) is -0.177. The van der Waals surface area contributed by atoms with Crippen LogP contribution in [0.25, 0.3) is 11.2 Å². The zero-order valence-electron chi connectivity index (χ0n) is 14.8. The summed E-state index contributed by atoms with van der Waals surface area (Å²) in [4.78, 5) is 23.0. The second-order valence-corrected chi connectivity index (χ2v) is 8.49. The molecule has 1 fully saturated rings. The molecule has 10 heteroatoms. The largest absolute Gasteiger partial charge is 0.355 e. The van der Waals surface area contributed by atoms with Crippen molar-refractivity contribution in [3.8, 4) is 0 Å². The molecule has 3 rings (SSSR count). The van der Waals surface area contributed by atoms with Gasteiger partial charge >= 0.3 is 5.69 Å². The van der Waals surface area contributed by atoms with Gasteiger partial charge in [-0.05, 0) is 25.2 Å². The molecule has 0 atom stereocenters. The highest BCUT2D eigenvalue weighted by Gasteiger charge is 2.24. The molecule has 0 aromatic carbocycles. The number of nitrogens with zero attached hydrogens (tertiary/aromatic N) is 5. The van der Waals surface area contributed by atoms with Crippen molar-refractivity contribution >= 4 is 27.0 Å². The average molecular weight is 368 g/mol. The Kier molecular flexibility index (Phi) is 4.83. The Morgan fingerprint density at radius 3 is 2.52 bits per heavy atom. The van der Waals surface area contributed by atoms with Crippen LogP contribution >= 0.6 is 0 Å². The van der Waals surface area contributed by atoms with Crippen molar-refractivity contribution in [1.82, 2.24) is 23.8 Å². The van der Waals surface area contributed by atoms with Gasteiger partial charge in [0.25, 0.3) is 0 Å². The summed E-state index contributed by atoms with van der Waals surface area (Å²) in [5.41, 5.74) is 1.28. The van der Waals surface area contributed by atoms with E-state index in [1.807, 2.05) is 0 Å². The van der Waals surface area contributed by atoms with Gasteiger partial charge in [-0.2, -0.15) is 0 Å². The van der Waals surface area contributed by atoms with E-state index in [9.17, 15) is 13.2 Å². The fraction of sp³-hybridized carbons (Fsp3) is 0.667. The molecule has 9 nitrogen and oxygen atoms in total. The first kappa shape index (κ1) is 17.9. The highest BCUT2D eigenvalue weighted by molar-refractivity contribution is 7.88. The molecule has 1 saturated heterocycles. The summed E-state index contributed by atoms with van der Waals surface area (Å²) in [6, 6.07) is 0. The van der Waals surface area contributed by atoms with Crippen LogP contribution < -0.4 is 15.3 Å². The Balaban J connectivity index is 1.71. The molecular weight excluding hydrogens is 344 g/mol. The fourth-order valence-electron chi connectivity index (χ4n) is 3.43. The summed E-state index contributed by atoms with van der Waals surface area (Å²) in [5.74, 6) is 1.28. The number of hydrogen-bond acceptors (Lipinski definition) is 6. The molecule has 1 aliphatic rings. The van der Waals surface area contributed by atoms with E-state index in [2.05, 4.69) is 19.6 Å². The van der Waals surface area contributed by atoms with Gasteiger partial charge in [0.15, 0.2) is 11.5 Å². The minimum absolute atomic E-state index is 0.113. The van der Waals surface area contributed by atoms with Crippen molar-refractivity contribution in [3.05, 3.63) is 16.8 Å². The van der Waals surface area contributed by atoms with Crippen molar-refractivity contribution in [2.45, 2.75) is 19.3 Å². The SMILES string of the molecule is Cn1c(=O)n(C)c2c(N3CCC(CCNS(C)(=O)=O)CC3)ncnc21. The van der Waals surface area contributed by atoms with Gasteiger partial charge in [0.05, 0.1) is 6.26 Å². The predicted molar refractivity (Wildman–Crippen MR) is 96.2 cm³/mol. The first-order valence-corrected chi connectivity index (χ1v) is 10.2. The van der Waals surface area contributed by atoms with Crippen LogP contribution in [0.15, 0.2) is 11.1 Å². The zero-order chi connectivity index (χ0) is 18.2. The molecule has 0 aliphatic carbocycles. The van der Waals surface area contributed by atoms with Crippen LogP contribution in [-0.2, 0) is 24.1 Å². The van der Waals surface area contributed by atoms with Gasteiger partial charge in [-0.15, -0.1) is 0 Å². The van der Waals surface area contributed by atoms with Crippen molar-refractivity contribution in [3.63, 3.8) is 0 Å². The molecule has 0 spiro atoms. The van der Waals surface area contributed by atoms with E-state index in [0.717, 1.165) is 43.7 Å². The number of fused-ring (bicyclic) bond motifs is 1. The van der Waals surface area contributed by atoms with Crippen LogP contribution in [0.4, 0.5) is 5.82 Å². The molecule has 0 bridgehead atoms. The van der Waals surface area contributed by atoms with Crippen molar-refractivity contribution in [2.75, 3.05) is 30.8 Å². The van der Waals surface area contributed by atoms with E-state index in [-0.39, 0.29) is 5.69 Å². The number of aryl methyl sites for hydroxylation is 2. The molecule has 0 amide bonds. The van der Waals surface area contributed by atoms with Crippen LogP contribution in [0.3, 0.4) is 0 Å². The lowest BCUT2D eigenvalue weighted by molar-refractivity contribution is 0.381. The smallest absolute Gasteiger partial charge is 0.329 e. The molecule has 138 valence electrons. The quantitative estimate of drug-likeness (QED) is 0.786. The molecule has 3 heterocycles. The number of sulfonamides is 1. The van der Waals surface area contributed by atoms with Crippen molar-refractivity contribution in [2.24, 2.45) is 20.0 Å². The molecule has 2 aromatic heterocycles. The number of piperidine rings is 1.